The maximum Gasteiger partial charge on any atom is 0.335 e. The number of rotatable bonds is 3. The average Bonchev–Trinajstić information content (AvgIpc) is 2.73. The van der Waals surface area contributed by atoms with Gasteiger partial charge in [0.25, 0.3) is 5.91 Å². The van der Waals surface area contributed by atoms with Gasteiger partial charge in [0.2, 0.25) is 0 Å². The minimum atomic E-state index is -0.926. The Labute approximate surface area is 157 Å². The Morgan fingerprint density at radius 1 is 1.04 bits per heavy atom. The smallest absolute Gasteiger partial charge is 0.335 e. The normalized spacial score (nSPS) is 17.0. The van der Waals surface area contributed by atoms with Crippen LogP contribution in [0.4, 0.5) is 0 Å². The lowest BCUT2D eigenvalue weighted by atomic mass is 9.89. The molecule has 1 aromatic heterocycles. The number of hydrogen-bond donors (Lipinski definition) is 1. The van der Waals surface area contributed by atoms with Crippen LogP contribution in [-0.2, 0) is 0 Å². The Kier molecular flexibility index (Phi) is 4.59. The number of carbonyl (C=O) groups is 2. The van der Waals surface area contributed by atoms with Crippen molar-refractivity contribution < 1.29 is 14.7 Å². The molecule has 5 nitrogen and oxygen atoms in total. The molecule has 0 bridgehead atoms. The van der Waals surface area contributed by atoms with E-state index in [0.717, 1.165) is 35.9 Å². The molecule has 0 radical (unpaired) electrons. The molecule has 1 aliphatic rings. The minimum Gasteiger partial charge on any atom is -0.478 e. The number of aromatic carboxylic acids is 1. The van der Waals surface area contributed by atoms with Crippen molar-refractivity contribution in [3.8, 4) is 0 Å². The molecule has 0 aliphatic carbocycles. The van der Waals surface area contributed by atoms with E-state index < -0.39 is 5.97 Å². The van der Waals surface area contributed by atoms with Gasteiger partial charge in [-0.2, -0.15) is 0 Å². The largest absolute Gasteiger partial charge is 0.478 e. The van der Waals surface area contributed by atoms with Crippen LogP contribution in [0.3, 0.4) is 0 Å². The van der Waals surface area contributed by atoms with Gasteiger partial charge in [-0.3, -0.25) is 9.78 Å². The number of benzene rings is 2. The molecule has 3 aromatic rings. The molecule has 2 aromatic carbocycles. The van der Waals surface area contributed by atoms with Crippen molar-refractivity contribution in [2.45, 2.75) is 18.8 Å². The number of hydrogen-bond acceptors (Lipinski definition) is 3. The van der Waals surface area contributed by atoms with E-state index in [0.29, 0.717) is 12.1 Å². The third-order valence-electron chi connectivity index (χ3n) is 5.16. The van der Waals surface area contributed by atoms with Gasteiger partial charge in [-0.05, 0) is 54.8 Å². The first-order valence-electron chi connectivity index (χ1n) is 9.09. The van der Waals surface area contributed by atoms with E-state index in [1.807, 2.05) is 41.3 Å². The quantitative estimate of drug-likeness (QED) is 0.768. The van der Waals surface area contributed by atoms with Gasteiger partial charge < -0.3 is 10.0 Å². The number of carbonyl (C=O) groups excluding carboxylic acids is 1. The first-order valence-corrected chi connectivity index (χ1v) is 9.09. The highest BCUT2D eigenvalue weighted by Crippen LogP contribution is 2.28. The average molecular weight is 360 g/mol. The highest BCUT2D eigenvalue weighted by atomic mass is 16.4. The molecular weight excluding hydrogens is 340 g/mol. The highest BCUT2D eigenvalue weighted by molar-refractivity contribution is 5.98. The van der Waals surface area contributed by atoms with Crippen molar-refractivity contribution >= 4 is 22.8 Å². The molecule has 0 saturated carbocycles. The van der Waals surface area contributed by atoms with Crippen LogP contribution >= 0.6 is 0 Å². The van der Waals surface area contributed by atoms with Gasteiger partial charge >= 0.3 is 5.97 Å². The lowest BCUT2D eigenvalue weighted by Gasteiger charge is -2.33. The molecule has 1 amide bonds. The lowest BCUT2D eigenvalue weighted by molar-refractivity contribution is 0.0688. The van der Waals surface area contributed by atoms with Gasteiger partial charge in [0.15, 0.2) is 0 Å². The third-order valence-corrected chi connectivity index (χ3v) is 5.16. The predicted octanol–water partition coefficient (Wildman–Crippen LogP) is 3.95. The zero-order valence-corrected chi connectivity index (χ0v) is 14.8. The summed E-state index contributed by atoms with van der Waals surface area (Å²) in [7, 11) is 0. The van der Waals surface area contributed by atoms with Gasteiger partial charge in [0, 0.05) is 36.2 Å². The number of carboxylic acid groups (broad SMARTS) is 1. The van der Waals surface area contributed by atoms with Gasteiger partial charge in [0.05, 0.1) is 11.1 Å². The zero-order valence-electron chi connectivity index (χ0n) is 14.8. The van der Waals surface area contributed by atoms with Crippen LogP contribution in [0.25, 0.3) is 10.9 Å². The van der Waals surface area contributed by atoms with E-state index in [4.69, 9.17) is 0 Å². The number of fused-ring (bicyclic) bond motifs is 1. The monoisotopic (exact) mass is 360 g/mol. The molecule has 27 heavy (non-hydrogen) atoms. The highest BCUT2D eigenvalue weighted by Gasteiger charge is 2.26. The molecule has 1 unspecified atom stereocenters. The number of carboxylic acids is 1. The number of likely N-dealkylation sites (tertiary alicyclic amines) is 1. The molecule has 4 rings (SSSR count). The summed E-state index contributed by atoms with van der Waals surface area (Å²) in [5.41, 5.74) is 2.81. The number of amides is 1. The summed E-state index contributed by atoms with van der Waals surface area (Å²) in [5.74, 6) is -0.755. The molecule has 2 heterocycles. The van der Waals surface area contributed by atoms with E-state index in [9.17, 15) is 14.7 Å². The minimum absolute atomic E-state index is 0.0137. The second-order valence-corrected chi connectivity index (χ2v) is 6.93. The van der Waals surface area contributed by atoms with Gasteiger partial charge in [-0.25, -0.2) is 4.79 Å². The maximum atomic E-state index is 13.0. The third kappa shape index (κ3) is 3.53. The van der Waals surface area contributed by atoms with Crippen LogP contribution in [0.15, 0.2) is 60.8 Å². The molecule has 1 N–H and O–H groups in total. The van der Waals surface area contributed by atoms with Gasteiger partial charge in [-0.15, -0.1) is 0 Å². The van der Waals surface area contributed by atoms with Crippen molar-refractivity contribution in [2.24, 2.45) is 0 Å². The Balaban J connectivity index is 1.56. The second-order valence-electron chi connectivity index (χ2n) is 6.93. The molecular formula is C22H20N2O3. The second kappa shape index (κ2) is 7.19. The van der Waals surface area contributed by atoms with E-state index in [1.165, 1.54) is 0 Å². The standard InChI is InChI=1S/C22H20N2O3/c25-21(17-8-9-20-16(13-17)6-2-10-23-20)24-11-3-7-19(14-24)15-4-1-5-18(12-15)22(26)27/h1-2,4-6,8-10,12-13,19H,3,7,11,14H2,(H,26,27). The van der Waals surface area contributed by atoms with E-state index in [2.05, 4.69) is 4.98 Å². The van der Waals surface area contributed by atoms with Crippen molar-refractivity contribution in [3.63, 3.8) is 0 Å². The van der Waals surface area contributed by atoms with E-state index in [-0.39, 0.29) is 17.4 Å². The topological polar surface area (TPSA) is 70.5 Å². The Bertz CT molecular complexity index is 1020. The summed E-state index contributed by atoms with van der Waals surface area (Å²) in [4.78, 5) is 30.4. The Hall–Kier alpha value is -3.21. The van der Waals surface area contributed by atoms with Crippen LogP contribution in [0.1, 0.15) is 45.0 Å². The van der Waals surface area contributed by atoms with Gasteiger partial charge in [0.1, 0.15) is 0 Å². The first kappa shape index (κ1) is 17.2. The molecule has 1 atom stereocenters. The van der Waals surface area contributed by atoms with Crippen LogP contribution in [-0.4, -0.2) is 40.0 Å². The van der Waals surface area contributed by atoms with Crippen molar-refractivity contribution in [3.05, 3.63) is 77.5 Å². The fourth-order valence-corrected chi connectivity index (χ4v) is 3.75. The number of nitrogens with zero attached hydrogens (tertiary/aromatic N) is 2. The molecule has 1 aliphatic heterocycles. The zero-order chi connectivity index (χ0) is 18.8. The summed E-state index contributed by atoms with van der Waals surface area (Å²) in [6.07, 6.45) is 3.60. The summed E-state index contributed by atoms with van der Waals surface area (Å²) in [6.45, 7) is 1.33. The fourth-order valence-electron chi connectivity index (χ4n) is 3.75. The van der Waals surface area contributed by atoms with E-state index >= 15 is 0 Å². The Morgan fingerprint density at radius 3 is 2.78 bits per heavy atom. The summed E-state index contributed by atoms with van der Waals surface area (Å²) < 4.78 is 0. The van der Waals surface area contributed by atoms with E-state index in [1.54, 1.807) is 24.4 Å². The van der Waals surface area contributed by atoms with Crippen LogP contribution in [0, 0.1) is 0 Å². The molecule has 0 spiro atoms. The number of pyridine rings is 1. The number of aromatic nitrogens is 1. The summed E-state index contributed by atoms with van der Waals surface area (Å²) >= 11 is 0. The first-order chi connectivity index (χ1) is 13.1. The SMILES string of the molecule is O=C(O)c1cccc(C2CCCN(C(=O)c3ccc4ncccc4c3)C2)c1. The van der Waals surface area contributed by atoms with Crippen LogP contribution in [0.2, 0.25) is 0 Å². The van der Waals surface area contributed by atoms with Crippen molar-refractivity contribution in [2.75, 3.05) is 13.1 Å². The van der Waals surface area contributed by atoms with Crippen molar-refractivity contribution in [1.82, 2.24) is 9.88 Å². The molecule has 136 valence electrons. The van der Waals surface area contributed by atoms with Crippen LogP contribution < -0.4 is 0 Å². The summed E-state index contributed by atoms with van der Waals surface area (Å²) in [5, 5.41) is 10.2. The molecule has 1 saturated heterocycles. The summed E-state index contributed by atoms with van der Waals surface area (Å²) in [6, 6.07) is 16.5. The fraction of sp³-hybridized carbons (Fsp3) is 0.227. The van der Waals surface area contributed by atoms with Gasteiger partial charge in [-0.1, -0.05) is 18.2 Å². The Morgan fingerprint density at radius 2 is 1.93 bits per heavy atom. The predicted molar refractivity (Wildman–Crippen MR) is 103 cm³/mol. The maximum absolute atomic E-state index is 13.0. The lowest BCUT2D eigenvalue weighted by Crippen LogP contribution is -2.39. The van der Waals surface area contributed by atoms with Crippen molar-refractivity contribution in [1.29, 1.82) is 0 Å². The number of piperidine rings is 1. The molecule has 1 fully saturated rings. The van der Waals surface area contributed by atoms with Crippen LogP contribution in [0.5, 0.6) is 0 Å². The molecule has 5 heteroatoms.